The minimum atomic E-state index is -1.90. The standard InChI is InChI=1S/C54H94IN9O16S/c1-15-29(8)44(63(13)52(77)42(28(6)7)61-46(71)31(10)27(4)5)30(9)23-39(66)64-22-18-19-37(64)45(80-14)32(11)47(72)62-43(33(12)65)51(76)58-34(20-21-40(67)68)49(74)60-36(53(78)79)26-57-48(73)35(25-56)59-50(75)38(24-41(69)70)81-54(55,16-2)17-3/h27-38,42-45,65H,15-26,56H2,1-14H3,(H,57,73)(H,58,76)(H,59,75)(H,60,74)(H,61,71)(H,62,72)(H,67,68)(H,69,70)(H,78,79)/t29-,30+,31-,32+,33?,34-,35-,36-,37-,38?,42-,43-,44-,45?/m0/s1. The molecule has 27 heteroatoms. The Morgan fingerprint density at radius 1 is 0.704 bits per heavy atom. The number of hydrogen-bond donors (Lipinski definition) is 11. The Morgan fingerprint density at radius 3 is 1.74 bits per heavy atom. The van der Waals surface area contributed by atoms with Gasteiger partial charge < -0.3 is 72.6 Å². The summed E-state index contributed by atoms with van der Waals surface area (Å²) >= 11 is 3.25. The summed E-state index contributed by atoms with van der Waals surface area (Å²) in [4.78, 5) is 149. The zero-order chi connectivity index (χ0) is 62.4. The Kier molecular flexibility index (Phi) is 32.3. The zero-order valence-electron chi connectivity index (χ0n) is 49.7. The van der Waals surface area contributed by atoms with Gasteiger partial charge >= 0.3 is 17.9 Å². The number of aliphatic hydroxyl groups is 1. The predicted octanol–water partition coefficient (Wildman–Crippen LogP) is 1.83. The highest BCUT2D eigenvalue weighted by Gasteiger charge is 2.44. The van der Waals surface area contributed by atoms with Crippen LogP contribution in [0.2, 0.25) is 0 Å². The first-order chi connectivity index (χ1) is 37.7. The Labute approximate surface area is 495 Å². The molecule has 1 aliphatic heterocycles. The van der Waals surface area contributed by atoms with Crippen molar-refractivity contribution in [3.05, 3.63) is 0 Å². The van der Waals surface area contributed by atoms with Crippen LogP contribution >= 0.6 is 34.4 Å². The average molecular weight is 1280 g/mol. The second kappa shape index (κ2) is 35.3. The number of rotatable bonds is 37. The maximum Gasteiger partial charge on any atom is 0.328 e. The number of ether oxygens (including phenoxy) is 1. The monoisotopic (exact) mass is 1280 g/mol. The summed E-state index contributed by atoms with van der Waals surface area (Å²) in [6.07, 6.45) is -1.48. The molecule has 14 atom stereocenters. The molecule has 464 valence electrons. The number of likely N-dealkylation sites (tertiary alicyclic amines) is 1. The van der Waals surface area contributed by atoms with Crippen LogP contribution in [0.25, 0.3) is 0 Å². The van der Waals surface area contributed by atoms with E-state index >= 15 is 0 Å². The topological polar surface area (TPSA) is 383 Å². The number of likely N-dealkylation sites (N-methyl/N-ethyl adjacent to an activating group) is 1. The smallest absolute Gasteiger partial charge is 0.328 e. The van der Waals surface area contributed by atoms with Gasteiger partial charge in [0.15, 0.2) is 0 Å². The molecule has 0 spiro atoms. The van der Waals surface area contributed by atoms with Crippen LogP contribution < -0.4 is 37.6 Å². The number of alkyl halides is 1. The number of carboxylic acids is 3. The van der Waals surface area contributed by atoms with E-state index in [1.807, 2.05) is 69.2 Å². The number of methoxy groups -OCH3 is 1. The van der Waals surface area contributed by atoms with Gasteiger partial charge in [0.2, 0.25) is 47.3 Å². The number of aliphatic hydroxyl groups excluding tert-OH is 1. The molecule has 8 amide bonds. The molecule has 1 heterocycles. The first-order valence-electron chi connectivity index (χ1n) is 28.0. The molecule has 0 radical (unpaired) electrons. The Hall–Kier alpha value is -4.87. The SMILES string of the molecule is CC[C@H](C)[C@@H]([C@H](C)CC(=O)N1CCC[C@H]1C(OC)[C@@H](C)C(=O)N[C@H](C(=O)N[C@@H](CCC(=O)O)C(=O)N[C@@H](CNC(=O)[C@H](CN)NC(=O)C(CC(=O)O)SC(I)(CC)CC)C(=O)O)C(C)O)N(C)C(=O)[C@@H](NC(=O)[C@@H](C)C(C)C)C(C)C. The summed E-state index contributed by atoms with van der Waals surface area (Å²) in [6.45, 7) is 20.8. The Bertz CT molecular complexity index is 2150. The lowest BCUT2D eigenvalue weighted by Crippen LogP contribution is -2.60. The fourth-order valence-corrected chi connectivity index (χ4v) is 11.8. The summed E-state index contributed by atoms with van der Waals surface area (Å²) in [6, 6.07) is -8.68. The van der Waals surface area contributed by atoms with E-state index < -0.39 is 148 Å². The molecule has 0 bridgehead atoms. The molecule has 0 saturated carbocycles. The van der Waals surface area contributed by atoms with Crippen molar-refractivity contribution in [2.75, 3.05) is 33.8 Å². The van der Waals surface area contributed by atoms with Crippen molar-refractivity contribution < 1.29 is 77.9 Å². The number of carbonyl (C=O) groups is 11. The second-order valence-corrected chi connectivity index (χ2v) is 26.4. The van der Waals surface area contributed by atoms with Crippen LogP contribution in [0.3, 0.4) is 0 Å². The average Bonchev–Trinajstić information content (AvgIpc) is 3.89. The minimum Gasteiger partial charge on any atom is -0.481 e. The van der Waals surface area contributed by atoms with Gasteiger partial charge in [0.05, 0.1) is 38.6 Å². The number of halogens is 1. The highest BCUT2D eigenvalue weighted by atomic mass is 127. The number of hydrogen-bond acceptors (Lipinski definition) is 15. The molecular weight excluding hydrogens is 1190 g/mol. The maximum atomic E-state index is 14.3. The quantitative estimate of drug-likeness (QED) is 0.0312. The van der Waals surface area contributed by atoms with Gasteiger partial charge in [-0.15, -0.1) is 11.8 Å². The number of nitrogens with two attached hydrogens (primary N) is 1. The predicted molar refractivity (Wildman–Crippen MR) is 312 cm³/mol. The molecule has 12 N–H and O–H groups in total. The third-order valence-corrected chi connectivity index (χ3v) is 19.2. The molecule has 1 fully saturated rings. The van der Waals surface area contributed by atoms with E-state index in [4.69, 9.17) is 10.5 Å². The van der Waals surface area contributed by atoms with Crippen molar-refractivity contribution in [1.29, 1.82) is 0 Å². The first kappa shape index (κ1) is 74.1. The lowest BCUT2D eigenvalue weighted by atomic mass is 9.84. The van der Waals surface area contributed by atoms with Crippen molar-refractivity contribution in [2.45, 2.75) is 203 Å². The Balaban J connectivity index is 3.30. The number of nitrogens with one attached hydrogen (secondary N) is 6. The third kappa shape index (κ3) is 23.0. The molecule has 0 aliphatic carbocycles. The van der Waals surface area contributed by atoms with Gasteiger partial charge in [-0.2, -0.15) is 0 Å². The van der Waals surface area contributed by atoms with Gasteiger partial charge in [0, 0.05) is 58.6 Å². The molecule has 0 aromatic rings. The lowest BCUT2D eigenvalue weighted by Gasteiger charge is -2.40. The van der Waals surface area contributed by atoms with Crippen LogP contribution in [-0.4, -0.2) is 192 Å². The number of amides is 8. The van der Waals surface area contributed by atoms with Crippen LogP contribution in [0.1, 0.15) is 141 Å². The van der Waals surface area contributed by atoms with Crippen molar-refractivity contribution in [3.63, 3.8) is 0 Å². The molecule has 81 heavy (non-hydrogen) atoms. The van der Waals surface area contributed by atoms with Gasteiger partial charge in [-0.05, 0) is 62.7 Å². The number of aliphatic carboxylic acids is 3. The molecule has 25 nitrogen and oxygen atoms in total. The van der Waals surface area contributed by atoms with Crippen molar-refractivity contribution in [3.8, 4) is 0 Å². The second-order valence-electron chi connectivity index (χ2n) is 22.0. The summed E-state index contributed by atoms with van der Waals surface area (Å²) in [7, 11) is 3.07. The fourth-order valence-electron chi connectivity index (χ4n) is 9.63. The van der Waals surface area contributed by atoms with Crippen LogP contribution in [0.15, 0.2) is 0 Å². The van der Waals surface area contributed by atoms with Crippen LogP contribution in [-0.2, 0) is 57.5 Å². The number of carboxylic acid groups (broad SMARTS) is 3. The summed E-state index contributed by atoms with van der Waals surface area (Å²) in [5.74, 6) is -11.9. The summed E-state index contributed by atoms with van der Waals surface area (Å²) < 4.78 is 5.38. The van der Waals surface area contributed by atoms with Crippen molar-refractivity contribution in [2.24, 2.45) is 41.2 Å². The summed E-state index contributed by atoms with van der Waals surface area (Å²) in [5, 5.41) is 53.3. The van der Waals surface area contributed by atoms with Gasteiger partial charge in [-0.1, -0.05) is 105 Å². The van der Waals surface area contributed by atoms with E-state index in [1.54, 1.807) is 16.8 Å². The molecule has 0 aromatic heterocycles. The molecular formula is C54H94IN9O16S. The van der Waals surface area contributed by atoms with E-state index in [0.29, 0.717) is 38.6 Å². The normalized spacial score (nSPS) is 18.5. The molecule has 1 rings (SSSR count). The lowest BCUT2D eigenvalue weighted by molar-refractivity contribution is -0.144. The Morgan fingerprint density at radius 2 is 1.26 bits per heavy atom. The third-order valence-electron chi connectivity index (χ3n) is 15.3. The van der Waals surface area contributed by atoms with Crippen LogP contribution in [0, 0.1) is 35.5 Å². The van der Waals surface area contributed by atoms with Crippen molar-refractivity contribution >= 4 is 99.5 Å². The fraction of sp³-hybridized carbons (Fsp3) is 0.796. The largest absolute Gasteiger partial charge is 0.481 e. The van der Waals surface area contributed by atoms with E-state index in [2.05, 4.69) is 54.5 Å². The van der Waals surface area contributed by atoms with E-state index in [9.17, 15) is 73.2 Å². The van der Waals surface area contributed by atoms with E-state index in [-0.39, 0.29) is 53.7 Å². The molecule has 0 aromatic carbocycles. The highest BCUT2D eigenvalue weighted by Crippen LogP contribution is 2.43. The van der Waals surface area contributed by atoms with Crippen LogP contribution in [0.5, 0.6) is 0 Å². The van der Waals surface area contributed by atoms with E-state index in [0.717, 1.165) is 11.8 Å². The van der Waals surface area contributed by atoms with Gasteiger partial charge in [0.25, 0.3) is 0 Å². The highest BCUT2D eigenvalue weighted by molar-refractivity contribution is 14.1. The van der Waals surface area contributed by atoms with Gasteiger partial charge in [-0.3, -0.25) is 47.9 Å². The van der Waals surface area contributed by atoms with Gasteiger partial charge in [-0.25, -0.2) is 4.79 Å². The molecule has 1 saturated heterocycles. The number of thioether (sulfide) groups is 1. The first-order valence-corrected chi connectivity index (χ1v) is 29.9. The molecule has 1 aliphatic rings. The van der Waals surface area contributed by atoms with E-state index in [1.165, 1.54) is 21.0 Å². The minimum absolute atomic E-state index is 0.0355. The number of nitrogens with zero attached hydrogens (tertiary/aromatic N) is 2. The van der Waals surface area contributed by atoms with Crippen molar-refractivity contribution in [1.82, 2.24) is 41.7 Å². The molecule has 3 unspecified atom stereocenters. The van der Waals surface area contributed by atoms with Crippen LogP contribution in [0.4, 0.5) is 0 Å². The van der Waals surface area contributed by atoms with Gasteiger partial charge in [0.1, 0.15) is 30.2 Å². The summed E-state index contributed by atoms with van der Waals surface area (Å²) in [5.41, 5.74) is 5.78. The maximum absolute atomic E-state index is 14.3. The zero-order valence-corrected chi connectivity index (χ0v) is 52.6. The number of carbonyl (C=O) groups excluding carboxylic acids is 8.